The summed E-state index contributed by atoms with van der Waals surface area (Å²) >= 11 is 6.26. The van der Waals surface area contributed by atoms with Gasteiger partial charge in [0, 0.05) is 30.0 Å². The molecule has 3 rings (SSSR count). The van der Waals surface area contributed by atoms with E-state index in [4.69, 9.17) is 30.9 Å². The smallest absolute Gasteiger partial charge is 0.254 e. The van der Waals surface area contributed by atoms with Crippen LogP contribution in [0.4, 0.5) is 0 Å². The molecule has 0 saturated carbocycles. The van der Waals surface area contributed by atoms with Crippen LogP contribution in [0.25, 0.3) is 0 Å². The number of fused-ring (bicyclic) bond motifs is 1. The molecule has 0 bridgehead atoms. The zero-order chi connectivity index (χ0) is 17.6. The van der Waals surface area contributed by atoms with Crippen molar-refractivity contribution >= 4 is 11.6 Å². The van der Waals surface area contributed by atoms with E-state index in [1.54, 1.807) is 29.0 Å². The summed E-state index contributed by atoms with van der Waals surface area (Å²) in [6.07, 6.45) is 4.19. The predicted molar refractivity (Wildman–Crippen MR) is 93.8 cm³/mol. The fourth-order valence-electron chi connectivity index (χ4n) is 2.55. The Labute approximate surface area is 150 Å². The Morgan fingerprint density at radius 2 is 1.96 bits per heavy atom. The number of rotatable bonds is 8. The van der Waals surface area contributed by atoms with E-state index in [1.165, 1.54) is 6.07 Å². The van der Waals surface area contributed by atoms with Crippen LogP contribution >= 0.6 is 11.6 Å². The van der Waals surface area contributed by atoms with Crippen molar-refractivity contribution in [1.82, 2.24) is 4.57 Å². The molecule has 25 heavy (non-hydrogen) atoms. The highest BCUT2D eigenvalue weighted by Gasteiger charge is 2.16. The van der Waals surface area contributed by atoms with Crippen molar-refractivity contribution in [2.24, 2.45) is 0 Å². The highest BCUT2D eigenvalue weighted by atomic mass is 35.5. The summed E-state index contributed by atoms with van der Waals surface area (Å²) in [5.41, 5.74) is 0.618. The molecule has 1 N–H and O–H groups in total. The second-order valence-corrected chi connectivity index (χ2v) is 6.17. The normalized spacial score (nSPS) is 12.4. The molecule has 0 atom stereocenters. The van der Waals surface area contributed by atoms with Crippen molar-refractivity contribution in [3.63, 3.8) is 0 Å². The van der Waals surface area contributed by atoms with E-state index in [1.807, 2.05) is 0 Å². The molecular formula is C18H20ClNO5. The van der Waals surface area contributed by atoms with Crippen LogP contribution < -0.4 is 19.8 Å². The topological polar surface area (TPSA) is 69.9 Å². The molecule has 0 radical (unpaired) electrons. The molecular weight excluding hydrogens is 346 g/mol. The SMILES string of the molecule is O=c1cc(OCCCCCO)ccn1Cc1cc2c(cc1Cl)OCO2. The third kappa shape index (κ3) is 4.46. The molecule has 2 aromatic rings. The molecule has 0 fully saturated rings. The first kappa shape index (κ1) is 17.6. The second-order valence-electron chi connectivity index (χ2n) is 5.76. The molecule has 0 unspecified atom stereocenters. The van der Waals surface area contributed by atoms with Crippen LogP contribution in [0, 0.1) is 0 Å². The number of aromatic nitrogens is 1. The lowest BCUT2D eigenvalue weighted by Gasteiger charge is -2.10. The van der Waals surface area contributed by atoms with Crippen LogP contribution in [0.1, 0.15) is 24.8 Å². The van der Waals surface area contributed by atoms with Gasteiger partial charge in [-0.1, -0.05) is 11.6 Å². The van der Waals surface area contributed by atoms with E-state index in [0.717, 1.165) is 24.8 Å². The molecule has 0 aliphatic carbocycles. The van der Waals surface area contributed by atoms with Gasteiger partial charge in [0.1, 0.15) is 5.75 Å². The quantitative estimate of drug-likeness (QED) is 0.728. The lowest BCUT2D eigenvalue weighted by Crippen LogP contribution is -2.19. The fourth-order valence-corrected chi connectivity index (χ4v) is 2.77. The molecule has 1 aliphatic heterocycles. The Kier molecular flexibility index (Phi) is 5.83. The number of unbranched alkanes of at least 4 members (excludes halogenated alkanes) is 2. The maximum atomic E-state index is 12.3. The van der Waals surface area contributed by atoms with Gasteiger partial charge in [-0.25, -0.2) is 0 Å². The van der Waals surface area contributed by atoms with Crippen molar-refractivity contribution < 1.29 is 19.3 Å². The lowest BCUT2D eigenvalue weighted by molar-refractivity contribution is 0.174. The van der Waals surface area contributed by atoms with Gasteiger partial charge in [-0.2, -0.15) is 0 Å². The molecule has 134 valence electrons. The molecule has 0 amide bonds. The van der Waals surface area contributed by atoms with Crippen LogP contribution in [-0.2, 0) is 6.54 Å². The number of pyridine rings is 1. The van der Waals surface area contributed by atoms with Gasteiger partial charge in [0.25, 0.3) is 5.56 Å². The largest absolute Gasteiger partial charge is 0.493 e. The molecule has 0 spiro atoms. The highest BCUT2D eigenvalue weighted by molar-refractivity contribution is 6.31. The van der Waals surface area contributed by atoms with Crippen molar-refractivity contribution in [1.29, 1.82) is 0 Å². The van der Waals surface area contributed by atoms with Crippen molar-refractivity contribution in [3.05, 3.63) is 51.4 Å². The summed E-state index contributed by atoms with van der Waals surface area (Å²) in [6, 6.07) is 6.72. The van der Waals surface area contributed by atoms with E-state index in [9.17, 15) is 4.79 Å². The van der Waals surface area contributed by atoms with E-state index >= 15 is 0 Å². The Morgan fingerprint density at radius 1 is 1.16 bits per heavy atom. The number of ether oxygens (including phenoxy) is 3. The number of hydrogen-bond acceptors (Lipinski definition) is 5. The fraction of sp³-hybridized carbons (Fsp3) is 0.389. The number of aliphatic hydroxyl groups is 1. The Balaban J connectivity index is 1.65. The Hall–Kier alpha value is -2.18. The number of halogens is 1. The van der Waals surface area contributed by atoms with Gasteiger partial charge < -0.3 is 23.9 Å². The van der Waals surface area contributed by atoms with Crippen molar-refractivity contribution in [2.45, 2.75) is 25.8 Å². The summed E-state index contributed by atoms with van der Waals surface area (Å²) in [5.74, 6) is 1.79. The number of benzene rings is 1. The zero-order valence-electron chi connectivity index (χ0n) is 13.7. The molecule has 6 nitrogen and oxygen atoms in total. The minimum Gasteiger partial charge on any atom is -0.493 e. The maximum absolute atomic E-state index is 12.3. The van der Waals surface area contributed by atoms with E-state index in [0.29, 0.717) is 35.4 Å². The molecule has 2 heterocycles. The third-order valence-electron chi connectivity index (χ3n) is 3.92. The summed E-state index contributed by atoms with van der Waals surface area (Å²) in [6.45, 7) is 1.24. The molecule has 7 heteroatoms. The summed E-state index contributed by atoms with van der Waals surface area (Å²) in [7, 11) is 0. The van der Waals surface area contributed by atoms with Crippen LogP contribution in [0.3, 0.4) is 0 Å². The van der Waals surface area contributed by atoms with Gasteiger partial charge in [0.05, 0.1) is 13.2 Å². The van der Waals surface area contributed by atoms with Gasteiger partial charge in [0.15, 0.2) is 11.5 Å². The second kappa shape index (κ2) is 8.27. The highest BCUT2D eigenvalue weighted by Crippen LogP contribution is 2.36. The zero-order valence-corrected chi connectivity index (χ0v) is 14.5. The third-order valence-corrected chi connectivity index (χ3v) is 4.27. The number of hydrogen-bond donors (Lipinski definition) is 1. The lowest BCUT2D eigenvalue weighted by atomic mass is 10.2. The van der Waals surface area contributed by atoms with Gasteiger partial charge in [0.2, 0.25) is 6.79 Å². The maximum Gasteiger partial charge on any atom is 0.254 e. The van der Waals surface area contributed by atoms with Gasteiger partial charge in [-0.15, -0.1) is 0 Å². The van der Waals surface area contributed by atoms with Crippen LogP contribution in [0.2, 0.25) is 5.02 Å². The molecule has 1 aromatic carbocycles. The number of aliphatic hydroxyl groups excluding tert-OH is 1. The first-order valence-electron chi connectivity index (χ1n) is 8.19. The average molecular weight is 366 g/mol. The van der Waals surface area contributed by atoms with E-state index < -0.39 is 0 Å². The van der Waals surface area contributed by atoms with Crippen LogP contribution in [0.5, 0.6) is 17.2 Å². The summed E-state index contributed by atoms with van der Waals surface area (Å²) < 4.78 is 17.8. The minimum atomic E-state index is -0.165. The van der Waals surface area contributed by atoms with Gasteiger partial charge in [-0.05, 0) is 37.0 Å². The molecule has 1 aromatic heterocycles. The first-order chi connectivity index (χ1) is 12.2. The Morgan fingerprint density at radius 3 is 2.72 bits per heavy atom. The van der Waals surface area contributed by atoms with Gasteiger partial charge >= 0.3 is 0 Å². The van der Waals surface area contributed by atoms with Crippen LogP contribution in [-0.4, -0.2) is 29.7 Å². The Bertz CT molecular complexity index is 790. The minimum absolute atomic E-state index is 0.165. The molecule has 1 aliphatic rings. The van der Waals surface area contributed by atoms with E-state index in [2.05, 4.69) is 0 Å². The predicted octanol–water partition coefficient (Wildman–Crippen LogP) is 2.82. The van der Waals surface area contributed by atoms with E-state index in [-0.39, 0.29) is 19.0 Å². The first-order valence-corrected chi connectivity index (χ1v) is 8.57. The monoisotopic (exact) mass is 365 g/mol. The number of nitrogens with zero attached hydrogens (tertiary/aromatic N) is 1. The molecule has 0 saturated heterocycles. The van der Waals surface area contributed by atoms with Crippen molar-refractivity contribution in [2.75, 3.05) is 20.0 Å². The van der Waals surface area contributed by atoms with Crippen molar-refractivity contribution in [3.8, 4) is 17.2 Å². The summed E-state index contributed by atoms with van der Waals surface area (Å²) in [4.78, 5) is 12.3. The van der Waals surface area contributed by atoms with Gasteiger partial charge in [-0.3, -0.25) is 4.79 Å². The average Bonchev–Trinajstić information content (AvgIpc) is 3.04. The standard InChI is InChI=1S/C18H20ClNO5/c19-15-10-17-16(24-12-25-17)8-13(15)11-20-5-4-14(9-18(20)22)23-7-3-1-2-6-21/h4-5,8-10,21H,1-3,6-7,11-12H2. The van der Waals surface area contributed by atoms with Crippen LogP contribution in [0.15, 0.2) is 35.3 Å². The summed E-state index contributed by atoms with van der Waals surface area (Å²) in [5, 5.41) is 9.26.